The third-order valence-electron chi connectivity index (χ3n) is 3.85. The number of nitrogens with zero attached hydrogens (tertiary/aromatic N) is 1. The second-order valence-corrected chi connectivity index (χ2v) is 5.51. The summed E-state index contributed by atoms with van der Waals surface area (Å²) >= 11 is 0. The van der Waals surface area contributed by atoms with Crippen molar-refractivity contribution in [3.63, 3.8) is 0 Å². The van der Waals surface area contributed by atoms with Gasteiger partial charge >= 0.3 is 0 Å². The summed E-state index contributed by atoms with van der Waals surface area (Å²) < 4.78 is 18.5. The van der Waals surface area contributed by atoms with Gasteiger partial charge in [0.05, 0.1) is 12.2 Å². The molecule has 0 spiro atoms. The molecule has 0 saturated carbocycles. The number of hydrogen-bond donors (Lipinski definition) is 1. The number of amides is 2. The summed E-state index contributed by atoms with van der Waals surface area (Å²) in [6, 6.07) is 12.5. The Morgan fingerprint density at radius 3 is 2.24 bits per heavy atom. The summed E-state index contributed by atoms with van der Waals surface area (Å²) in [5.41, 5.74) is 1.52. The predicted molar refractivity (Wildman–Crippen MR) is 92.3 cm³/mol. The fraction of sp³-hybridized carbons (Fsp3) is 0.158. The molecule has 0 bridgehead atoms. The lowest BCUT2D eigenvalue weighted by Crippen LogP contribution is -2.27. The topological polar surface area (TPSA) is 58.6 Å². The van der Waals surface area contributed by atoms with Crippen LogP contribution in [0.1, 0.15) is 12.5 Å². The molecule has 0 saturated heterocycles. The highest BCUT2D eigenvalue weighted by Gasteiger charge is 2.36. The number of nitrogens with one attached hydrogen (secondary N) is 1. The molecular formula is C19H17FN2O3. The van der Waals surface area contributed by atoms with Crippen molar-refractivity contribution in [1.29, 1.82) is 0 Å². The van der Waals surface area contributed by atoms with Gasteiger partial charge in [0, 0.05) is 12.7 Å². The molecule has 6 heteroatoms. The Morgan fingerprint density at radius 1 is 1.00 bits per heavy atom. The number of carbonyl (C=O) groups excluding carboxylic acids is 2. The van der Waals surface area contributed by atoms with Gasteiger partial charge < -0.3 is 10.1 Å². The van der Waals surface area contributed by atoms with Crippen LogP contribution in [-0.2, 0) is 9.59 Å². The average Bonchev–Trinajstić information content (AvgIpc) is 2.82. The average molecular weight is 340 g/mol. The van der Waals surface area contributed by atoms with Crippen molar-refractivity contribution in [3.05, 3.63) is 65.6 Å². The van der Waals surface area contributed by atoms with Crippen molar-refractivity contribution in [2.75, 3.05) is 19.0 Å². The van der Waals surface area contributed by atoms with Crippen LogP contribution in [0.5, 0.6) is 5.75 Å². The van der Waals surface area contributed by atoms with E-state index in [1.165, 1.54) is 31.3 Å². The summed E-state index contributed by atoms with van der Waals surface area (Å²) in [6.45, 7) is 2.45. The Hall–Kier alpha value is -3.15. The maximum absolute atomic E-state index is 13.2. The Labute approximate surface area is 144 Å². The van der Waals surface area contributed by atoms with Gasteiger partial charge in [0.15, 0.2) is 0 Å². The molecule has 0 unspecified atom stereocenters. The fourth-order valence-corrected chi connectivity index (χ4v) is 2.59. The Balaban J connectivity index is 1.97. The number of anilines is 1. The van der Waals surface area contributed by atoms with E-state index in [1.54, 1.807) is 24.3 Å². The molecule has 3 rings (SSSR count). The minimum atomic E-state index is -0.432. The SMILES string of the molecule is CCOc1ccc(NC2=C(c3ccc(F)cc3)C(=O)N(C)C2=O)cc1. The number of ether oxygens (including phenoxy) is 1. The van der Waals surface area contributed by atoms with E-state index >= 15 is 0 Å². The van der Waals surface area contributed by atoms with Crippen molar-refractivity contribution < 1.29 is 18.7 Å². The number of hydrogen-bond acceptors (Lipinski definition) is 4. The molecule has 5 nitrogen and oxygen atoms in total. The van der Waals surface area contributed by atoms with Crippen LogP contribution < -0.4 is 10.1 Å². The summed E-state index contributed by atoms with van der Waals surface area (Å²) in [4.78, 5) is 25.9. The van der Waals surface area contributed by atoms with Crippen LogP contribution in [0, 0.1) is 5.82 Å². The van der Waals surface area contributed by atoms with Gasteiger partial charge in [-0.25, -0.2) is 4.39 Å². The quantitative estimate of drug-likeness (QED) is 0.850. The molecule has 2 amide bonds. The largest absolute Gasteiger partial charge is 0.494 e. The van der Waals surface area contributed by atoms with Crippen LogP contribution >= 0.6 is 0 Å². The smallest absolute Gasteiger partial charge is 0.277 e. The number of imide groups is 1. The molecule has 1 aliphatic heterocycles. The predicted octanol–water partition coefficient (Wildman–Crippen LogP) is 3.05. The lowest BCUT2D eigenvalue weighted by Gasteiger charge is -2.10. The minimum absolute atomic E-state index is 0.170. The molecule has 25 heavy (non-hydrogen) atoms. The second kappa shape index (κ2) is 6.76. The van der Waals surface area contributed by atoms with Gasteiger partial charge in [-0.15, -0.1) is 0 Å². The molecule has 128 valence electrons. The first-order valence-corrected chi connectivity index (χ1v) is 7.83. The van der Waals surface area contributed by atoms with Gasteiger partial charge in [0.2, 0.25) is 0 Å². The van der Waals surface area contributed by atoms with E-state index in [1.807, 2.05) is 6.92 Å². The van der Waals surface area contributed by atoms with Crippen molar-refractivity contribution in [2.24, 2.45) is 0 Å². The number of halogens is 1. The summed E-state index contributed by atoms with van der Waals surface area (Å²) in [5.74, 6) is -0.550. The van der Waals surface area contributed by atoms with E-state index in [4.69, 9.17) is 4.74 Å². The summed E-state index contributed by atoms with van der Waals surface area (Å²) in [7, 11) is 1.42. The molecule has 1 heterocycles. The third kappa shape index (κ3) is 3.24. The van der Waals surface area contributed by atoms with Crippen molar-refractivity contribution in [2.45, 2.75) is 6.92 Å². The number of carbonyl (C=O) groups is 2. The van der Waals surface area contributed by atoms with Gasteiger partial charge in [-0.2, -0.15) is 0 Å². The van der Waals surface area contributed by atoms with Crippen LogP contribution in [0.15, 0.2) is 54.2 Å². The zero-order chi connectivity index (χ0) is 18.0. The zero-order valence-electron chi connectivity index (χ0n) is 13.9. The number of rotatable bonds is 5. The molecule has 1 aliphatic rings. The molecule has 2 aromatic carbocycles. The molecule has 0 atom stereocenters. The summed E-state index contributed by atoms with van der Waals surface area (Å²) in [6.07, 6.45) is 0. The van der Waals surface area contributed by atoms with E-state index in [0.29, 0.717) is 23.6 Å². The molecule has 0 aromatic heterocycles. The number of benzene rings is 2. The molecule has 2 aromatic rings. The van der Waals surface area contributed by atoms with Crippen molar-refractivity contribution in [3.8, 4) is 5.75 Å². The van der Waals surface area contributed by atoms with Gasteiger partial charge in [-0.1, -0.05) is 12.1 Å². The fourth-order valence-electron chi connectivity index (χ4n) is 2.59. The van der Waals surface area contributed by atoms with Gasteiger partial charge in [0.25, 0.3) is 11.8 Å². The first-order chi connectivity index (χ1) is 12.0. The van der Waals surface area contributed by atoms with E-state index in [-0.39, 0.29) is 11.3 Å². The van der Waals surface area contributed by atoms with Crippen LogP contribution in [0.3, 0.4) is 0 Å². The van der Waals surface area contributed by atoms with Gasteiger partial charge in [-0.05, 0) is 48.9 Å². The number of likely N-dealkylation sites (N-methyl/N-ethyl adjacent to an activating group) is 1. The molecule has 1 N–H and O–H groups in total. The summed E-state index contributed by atoms with van der Waals surface area (Å²) in [5, 5.41) is 3.00. The highest BCUT2D eigenvalue weighted by Crippen LogP contribution is 2.30. The van der Waals surface area contributed by atoms with Crippen molar-refractivity contribution >= 4 is 23.1 Å². The lowest BCUT2D eigenvalue weighted by molar-refractivity contribution is -0.135. The van der Waals surface area contributed by atoms with Gasteiger partial charge in [0.1, 0.15) is 17.3 Å². The molecule has 0 fully saturated rings. The second-order valence-electron chi connectivity index (χ2n) is 5.51. The van der Waals surface area contributed by atoms with E-state index in [2.05, 4.69) is 5.32 Å². The zero-order valence-corrected chi connectivity index (χ0v) is 13.9. The van der Waals surface area contributed by atoms with E-state index in [0.717, 1.165) is 4.90 Å². The minimum Gasteiger partial charge on any atom is -0.494 e. The van der Waals surface area contributed by atoms with Crippen LogP contribution in [0.2, 0.25) is 0 Å². The third-order valence-corrected chi connectivity index (χ3v) is 3.85. The van der Waals surface area contributed by atoms with Crippen LogP contribution in [-0.4, -0.2) is 30.4 Å². The van der Waals surface area contributed by atoms with Gasteiger partial charge in [-0.3, -0.25) is 14.5 Å². The molecular weight excluding hydrogens is 323 g/mol. The van der Waals surface area contributed by atoms with E-state index in [9.17, 15) is 14.0 Å². The maximum atomic E-state index is 13.2. The lowest BCUT2D eigenvalue weighted by atomic mass is 10.0. The molecule has 0 radical (unpaired) electrons. The first-order valence-electron chi connectivity index (χ1n) is 7.83. The normalized spacial score (nSPS) is 14.3. The maximum Gasteiger partial charge on any atom is 0.277 e. The highest BCUT2D eigenvalue weighted by atomic mass is 19.1. The van der Waals surface area contributed by atoms with Crippen LogP contribution in [0.25, 0.3) is 5.57 Å². The monoisotopic (exact) mass is 340 g/mol. The standard InChI is InChI=1S/C19H17FN2O3/c1-3-25-15-10-8-14(9-11-15)21-17-16(18(23)22(2)19(17)24)12-4-6-13(20)7-5-12/h4-11,21H,3H2,1-2H3. The Kier molecular flexibility index (Phi) is 4.52. The molecule has 0 aliphatic carbocycles. The van der Waals surface area contributed by atoms with Crippen molar-refractivity contribution in [1.82, 2.24) is 4.90 Å². The first kappa shape index (κ1) is 16.7. The Bertz CT molecular complexity index is 842. The Morgan fingerprint density at radius 2 is 1.64 bits per heavy atom. The highest BCUT2D eigenvalue weighted by molar-refractivity contribution is 6.36. The van der Waals surface area contributed by atoms with Crippen LogP contribution in [0.4, 0.5) is 10.1 Å². The van der Waals surface area contributed by atoms with E-state index < -0.39 is 17.6 Å².